The Morgan fingerprint density at radius 2 is 1.84 bits per heavy atom. The number of ether oxygens (including phenoxy) is 1. The van der Waals surface area contributed by atoms with Crippen LogP contribution in [0.3, 0.4) is 0 Å². The first kappa shape index (κ1) is 17.6. The SMILES string of the molecule is Cc1ccc2o[pH]oc3c(CCC(C)(C)OC=O)cc(C)cc3c2c1. The fourth-order valence-electron chi connectivity index (χ4n) is 3.03. The minimum Gasteiger partial charge on any atom is -0.462 e. The molecule has 0 aliphatic carbocycles. The third-order valence-electron chi connectivity index (χ3n) is 4.39. The maximum Gasteiger partial charge on any atom is 0.293 e. The molecule has 3 aromatic rings. The summed E-state index contributed by atoms with van der Waals surface area (Å²) in [4.78, 5) is 10.7. The van der Waals surface area contributed by atoms with Crippen LogP contribution in [-0.2, 0) is 16.0 Å². The first-order valence-corrected chi connectivity index (χ1v) is 9.16. The number of aryl methyl sites for hydroxylation is 3. The van der Waals surface area contributed by atoms with Gasteiger partial charge in [0.1, 0.15) is 16.8 Å². The number of fused-ring (bicyclic) bond motifs is 3. The van der Waals surface area contributed by atoms with Crippen molar-refractivity contribution in [3.05, 3.63) is 47.0 Å². The highest BCUT2D eigenvalue weighted by atomic mass is 31.1. The van der Waals surface area contributed by atoms with Crippen LogP contribution in [0.2, 0.25) is 0 Å². The topological polar surface area (TPSA) is 52.6 Å². The Balaban J connectivity index is 2.17. The Morgan fingerprint density at radius 1 is 1.08 bits per heavy atom. The number of hydrogen-bond acceptors (Lipinski definition) is 4. The van der Waals surface area contributed by atoms with Crippen LogP contribution < -0.4 is 0 Å². The largest absolute Gasteiger partial charge is 0.462 e. The molecule has 0 saturated heterocycles. The summed E-state index contributed by atoms with van der Waals surface area (Å²) >= 11 is 0. The molecule has 132 valence electrons. The van der Waals surface area contributed by atoms with Gasteiger partial charge in [0.25, 0.3) is 6.47 Å². The predicted octanol–water partition coefficient (Wildman–Crippen LogP) is 5.84. The highest BCUT2D eigenvalue weighted by molar-refractivity contribution is 7.15. The highest BCUT2D eigenvalue weighted by Gasteiger charge is 2.20. The van der Waals surface area contributed by atoms with Gasteiger partial charge in [0.15, 0.2) is 0 Å². The molecular weight excluding hydrogens is 335 g/mol. The van der Waals surface area contributed by atoms with Crippen LogP contribution >= 0.6 is 8.67 Å². The maximum atomic E-state index is 10.7. The van der Waals surface area contributed by atoms with Crippen molar-refractivity contribution in [1.82, 2.24) is 0 Å². The summed E-state index contributed by atoms with van der Waals surface area (Å²) in [5.74, 6) is 0. The van der Waals surface area contributed by atoms with E-state index < -0.39 is 5.60 Å². The molecule has 25 heavy (non-hydrogen) atoms. The highest BCUT2D eigenvalue weighted by Crippen LogP contribution is 2.32. The minimum atomic E-state index is -0.504. The molecule has 0 bridgehead atoms. The van der Waals surface area contributed by atoms with E-state index in [0.717, 1.165) is 40.3 Å². The molecule has 0 fully saturated rings. The van der Waals surface area contributed by atoms with E-state index in [0.29, 0.717) is 6.47 Å². The van der Waals surface area contributed by atoms with Crippen molar-refractivity contribution in [3.8, 4) is 0 Å². The Kier molecular flexibility index (Phi) is 4.91. The summed E-state index contributed by atoms with van der Waals surface area (Å²) in [6.45, 7) is 8.51. The molecule has 5 heteroatoms. The molecule has 0 N–H and O–H groups in total. The van der Waals surface area contributed by atoms with E-state index in [2.05, 4.69) is 32.0 Å². The molecule has 4 nitrogen and oxygen atoms in total. The lowest BCUT2D eigenvalue weighted by atomic mass is 9.95. The van der Waals surface area contributed by atoms with E-state index in [1.54, 1.807) is 0 Å². The molecule has 0 saturated carbocycles. The molecule has 0 amide bonds. The molecule has 0 radical (unpaired) electrons. The van der Waals surface area contributed by atoms with Crippen LogP contribution in [-0.4, -0.2) is 12.1 Å². The first-order valence-electron chi connectivity index (χ1n) is 8.34. The summed E-state index contributed by atoms with van der Waals surface area (Å²) in [7, 11) is -0.0773. The van der Waals surface area contributed by atoms with Gasteiger partial charge in [0.05, 0.1) is 0 Å². The second-order valence-corrected chi connectivity index (χ2v) is 7.64. The molecule has 3 rings (SSSR count). The van der Waals surface area contributed by atoms with Crippen LogP contribution in [0.5, 0.6) is 0 Å². The summed E-state index contributed by atoms with van der Waals surface area (Å²) in [5, 5.41) is 2.13. The van der Waals surface area contributed by atoms with Gasteiger partial charge >= 0.3 is 0 Å². The Bertz CT molecular complexity index is 957. The van der Waals surface area contributed by atoms with Crippen molar-refractivity contribution in [3.63, 3.8) is 0 Å². The Morgan fingerprint density at radius 3 is 2.60 bits per heavy atom. The monoisotopic (exact) mass is 358 g/mol. The lowest BCUT2D eigenvalue weighted by Crippen LogP contribution is -2.24. The normalized spacial score (nSPS) is 12.0. The number of rotatable bonds is 5. The van der Waals surface area contributed by atoms with Crippen molar-refractivity contribution in [1.29, 1.82) is 0 Å². The van der Waals surface area contributed by atoms with E-state index >= 15 is 0 Å². The van der Waals surface area contributed by atoms with Crippen molar-refractivity contribution in [2.24, 2.45) is 0 Å². The van der Waals surface area contributed by atoms with Crippen LogP contribution in [0.15, 0.2) is 38.7 Å². The zero-order chi connectivity index (χ0) is 18.0. The lowest BCUT2D eigenvalue weighted by molar-refractivity contribution is -0.140. The van der Waals surface area contributed by atoms with E-state index in [4.69, 9.17) is 13.1 Å². The quantitative estimate of drug-likeness (QED) is 0.538. The number of carbonyl (C=O) groups excluding carboxylic acids is 1. The summed E-state index contributed by atoms with van der Waals surface area (Å²) in [6, 6.07) is 10.5. The van der Waals surface area contributed by atoms with E-state index in [1.165, 1.54) is 11.1 Å². The smallest absolute Gasteiger partial charge is 0.293 e. The van der Waals surface area contributed by atoms with Crippen molar-refractivity contribution in [2.45, 2.75) is 46.1 Å². The van der Waals surface area contributed by atoms with E-state index in [-0.39, 0.29) is 8.67 Å². The Hall–Kier alpha value is -2.19. The van der Waals surface area contributed by atoms with Gasteiger partial charge < -0.3 is 13.1 Å². The first-order chi connectivity index (χ1) is 11.9. The number of hydrogen-bond donors (Lipinski definition) is 0. The molecule has 0 aliphatic rings. The van der Waals surface area contributed by atoms with Gasteiger partial charge in [-0.25, -0.2) is 0 Å². The zero-order valence-corrected chi connectivity index (χ0v) is 16.0. The van der Waals surface area contributed by atoms with Gasteiger partial charge in [0, 0.05) is 10.8 Å². The number of carbonyl (C=O) groups is 1. The van der Waals surface area contributed by atoms with E-state index in [9.17, 15) is 4.79 Å². The average molecular weight is 358 g/mol. The molecule has 0 spiro atoms. The minimum absolute atomic E-state index is 0.0773. The van der Waals surface area contributed by atoms with Gasteiger partial charge in [0.2, 0.25) is 8.67 Å². The standard InChI is InChI=1S/C20H23O4P/c1-13-5-6-18-16(10-13)17-11-14(2)9-15(19(17)24-25-23-18)7-8-20(3,4)22-12-21/h5-6,9-12,25H,7-8H2,1-4H3. The molecule has 1 atom stereocenters. The van der Waals surface area contributed by atoms with Gasteiger partial charge in [-0.1, -0.05) is 17.7 Å². The second-order valence-electron chi connectivity index (χ2n) is 7.06. The predicted molar refractivity (Wildman–Crippen MR) is 102 cm³/mol. The summed E-state index contributed by atoms with van der Waals surface area (Å²) < 4.78 is 17.0. The number of benzene rings is 2. The van der Waals surface area contributed by atoms with Crippen LogP contribution in [0.25, 0.3) is 21.9 Å². The average Bonchev–Trinajstić information content (AvgIpc) is 2.72. The maximum absolute atomic E-state index is 10.7. The molecule has 2 aromatic carbocycles. The second kappa shape index (κ2) is 6.97. The molecule has 1 unspecified atom stereocenters. The fourth-order valence-corrected chi connectivity index (χ4v) is 3.66. The van der Waals surface area contributed by atoms with Gasteiger partial charge in [-0.3, -0.25) is 4.79 Å². The fraction of sp³-hybridized carbons (Fsp3) is 0.350. The Labute approximate surface area is 148 Å². The molecular formula is C20H23O4P. The van der Waals surface area contributed by atoms with Crippen molar-refractivity contribution in [2.75, 3.05) is 0 Å². The van der Waals surface area contributed by atoms with Crippen LogP contribution in [0, 0.1) is 13.8 Å². The zero-order valence-electron chi connectivity index (χ0n) is 15.0. The molecule has 0 aliphatic heterocycles. The molecule has 1 heterocycles. The van der Waals surface area contributed by atoms with Gasteiger partial charge in [-0.15, -0.1) is 0 Å². The van der Waals surface area contributed by atoms with Crippen LogP contribution in [0.4, 0.5) is 0 Å². The summed E-state index contributed by atoms with van der Waals surface area (Å²) in [5.41, 5.74) is 4.68. The molecule has 1 aromatic heterocycles. The van der Waals surface area contributed by atoms with Gasteiger partial charge in [-0.05, 0) is 69.9 Å². The van der Waals surface area contributed by atoms with Crippen LogP contribution in [0.1, 0.15) is 37.0 Å². The summed E-state index contributed by atoms with van der Waals surface area (Å²) in [6.07, 6.45) is 1.48. The lowest BCUT2D eigenvalue weighted by Gasteiger charge is -2.22. The van der Waals surface area contributed by atoms with Crippen molar-refractivity contribution >= 4 is 37.1 Å². The van der Waals surface area contributed by atoms with E-state index in [1.807, 2.05) is 26.0 Å². The van der Waals surface area contributed by atoms with Gasteiger partial charge in [-0.2, -0.15) is 0 Å². The third kappa shape index (κ3) is 3.91. The van der Waals surface area contributed by atoms with Crippen molar-refractivity contribution < 1.29 is 17.9 Å². The third-order valence-corrected chi connectivity index (χ3v) is 4.99.